The normalized spacial score (nSPS) is 14.1. The van der Waals surface area contributed by atoms with Crippen molar-refractivity contribution >= 4 is 26.7 Å². The van der Waals surface area contributed by atoms with Crippen molar-refractivity contribution in [1.82, 2.24) is 0 Å². The van der Waals surface area contributed by atoms with Gasteiger partial charge < -0.3 is 14.1 Å². The monoisotopic (exact) mass is 386 g/mol. The number of benzene rings is 2. The van der Waals surface area contributed by atoms with E-state index < -0.39 is 10.0 Å². The van der Waals surface area contributed by atoms with Gasteiger partial charge in [-0.05, 0) is 55.8 Å². The van der Waals surface area contributed by atoms with Crippen LogP contribution in [0.5, 0.6) is 5.75 Å². The molecule has 1 aliphatic rings. The third kappa shape index (κ3) is 2.96. The Bertz CT molecular complexity index is 1210. The molecule has 0 amide bonds. The molecule has 0 radical (unpaired) electrons. The SMILES string of the molecule is Cc1c(C)c2ccc3c(c2oc1=O)CN(c1ccc(S(N)(=O)=O)cc1)CO3. The van der Waals surface area contributed by atoms with Gasteiger partial charge in [-0.3, -0.25) is 0 Å². The third-order valence-corrected chi connectivity index (χ3v) is 5.87. The van der Waals surface area contributed by atoms with E-state index in [2.05, 4.69) is 0 Å². The number of hydrogen-bond donors (Lipinski definition) is 1. The van der Waals surface area contributed by atoms with Crippen LogP contribution in [0.2, 0.25) is 0 Å². The van der Waals surface area contributed by atoms with E-state index in [0.717, 1.165) is 22.2 Å². The van der Waals surface area contributed by atoms with Crippen LogP contribution >= 0.6 is 0 Å². The zero-order chi connectivity index (χ0) is 19.3. The van der Waals surface area contributed by atoms with Crippen molar-refractivity contribution in [2.75, 3.05) is 11.6 Å². The Labute approximate surface area is 156 Å². The molecule has 0 fully saturated rings. The first kappa shape index (κ1) is 17.6. The number of primary sulfonamides is 1. The molecule has 1 aromatic heterocycles. The molecule has 4 rings (SSSR count). The van der Waals surface area contributed by atoms with E-state index in [1.807, 2.05) is 24.0 Å². The maximum Gasteiger partial charge on any atom is 0.339 e. The van der Waals surface area contributed by atoms with Gasteiger partial charge in [0.1, 0.15) is 11.3 Å². The van der Waals surface area contributed by atoms with Crippen LogP contribution in [-0.4, -0.2) is 15.1 Å². The van der Waals surface area contributed by atoms with Crippen molar-refractivity contribution in [1.29, 1.82) is 0 Å². The molecule has 0 aliphatic carbocycles. The molecule has 2 N–H and O–H groups in total. The van der Waals surface area contributed by atoms with Crippen molar-refractivity contribution in [3.8, 4) is 5.75 Å². The van der Waals surface area contributed by atoms with Crippen LogP contribution in [-0.2, 0) is 16.6 Å². The zero-order valence-electron chi connectivity index (χ0n) is 14.9. The van der Waals surface area contributed by atoms with Gasteiger partial charge in [0.15, 0.2) is 6.73 Å². The first-order valence-corrected chi connectivity index (χ1v) is 9.87. The van der Waals surface area contributed by atoms with Crippen LogP contribution in [0.15, 0.2) is 50.5 Å². The fourth-order valence-corrected chi connectivity index (χ4v) is 3.74. The Kier molecular flexibility index (Phi) is 3.97. The summed E-state index contributed by atoms with van der Waals surface area (Å²) in [6.45, 7) is 4.40. The fourth-order valence-electron chi connectivity index (χ4n) is 3.23. The summed E-state index contributed by atoms with van der Waals surface area (Å²) in [5.74, 6) is 0.673. The predicted octanol–water partition coefficient (Wildman–Crippen LogP) is 2.41. The molecule has 0 unspecified atom stereocenters. The van der Waals surface area contributed by atoms with Gasteiger partial charge in [0.05, 0.1) is 17.0 Å². The predicted molar refractivity (Wildman–Crippen MR) is 101 cm³/mol. The van der Waals surface area contributed by atoms with Crippen molar-refractivity contribution < 1.29 is 17.6 Å². The van der Waals surface area contributed by atoms with Crippen LogP contribution in [0, 0.1) is 13.8 Å². The molecule has 8 heteroatoms. The molecule has 3 aromatic rings. The maximum atomic E-state index is 12.1. The van der Waals surface area contributed by atoms with Crippen molar-refractivity contribution in [3.05, 3.63) is 63.5 Å². The van der Waals surface area contributed by atoms with Gasteiger partial charge in [-0.2, -0.15) is 0 Å². The van der Waals surface area contributed by atoms with Crippen molar-refractivity contribution in [3.63, 3.8) is 0 Å². The Morgan fingerprint density at radius 2 is 1.74 bits per heavy atom. The Morgan fingerprint density at radius 3 is 2.41 bits per heavy atom. The lowest BCUT2D eigenvalue weighted by Gasteiger charge is -2.31. The summed E-state index contributed by atoms with van der Waals surface area (Å²) >= 11 is 0. The minimum absolute atomic E-state index is 0.0483. The molecule has 0 spiro atoms. The average molecular weight is 386 g/mol. The van der Waals surface area contributed by atoms with Crippen LogP contribution in [0.3, 0.4) is 0 Å². The highest BCUT2D eigenvalue weighted by molar-refractivity contribution is 7.89. The summed E-state index contributed by atoms with van der Waals surface area (Å²) in [6.07, 6.45) is 0. The van der Waals surface area contributed by atoms with Gasteiger partial charge in [-0.1, -0.05) is 0 Å². The second-order valence-electron chi connectivity index (χ2n) is 6.57. The summed E-state index contributed by atoms with van der Waals surface area (Å²) in [7, 11) is -3.74. The first-order chi connectivity index (χ1) is 12.8. The molecule has 7 nitrogen and oxygen atoms in total. The standard InChI is InChI=1S/C19H18N2O5S/c1-11-12(2)19(22)26-18-15(11)7-8-17-16(18)9-21(10-25-17)13-3-5-14(6-4-13)27(20,23)24/h3-8H,9-10H2,1-2H3,(H2,20,23,24). The summed E-state index contributed by atoms with van der Waals surface area (Å²) in [4.78, 5) is 14.1. The lowest BCUT2D eigenvalue weighted by molar-refractivity contribution is 0.289. The van der Waals surface area contributed by atoms with Crippen LogP contribution < -0.4 is 20.4 Å². The minimum atomic E-state index is -3.74. The quantitative estimate of drug-likeness (QED) is 0.679. The molecular formula is C19H18N2O5S. The average Bonchev–Trinajstić information content (AvgIpc) is 2.65. The smallest absolute Gasteiger partial charge is 0.339 e. The summed E-state index contributed by atoms with van der Waals surface area (Å²) < 4.78 is 34.2. The van der Waals surface area contributed by atoms with Crippen LogP contribution in [0.25, 0.3) is 11.0 Å². The number of fused-ring (bicyclic) bond motifs is 3. The summed E-state index contributed by atoms with van der Waals surface area (Å²) in [6, 6.07) is 10.0. The van der Waals surface area contributed by atoms with Gasteiger partial charge in [-0.15, -0.1) is 0 Å². The van der Waals surface area contributed by atoms with Gasteiger partial charge in [0.25, 0.3) is 0 Å². The summed E-state index contributed by atoms with van der Waals surface area (Å²) in [5, 5.41) is 6.02. The molecule has 27 heavy (non-hydrogen) atoms. The lowest BCUT2D eigenvalue weighted by Crippen LogP contribution is -2.32. The molecule has 2 aromatic carbocycles. The van der Waals surface area contributed by atoms with E-state index in [-0.39, 0.29) is 10.5 Å². The van der Waals surface area contributed by atoms with E-state index in [0.29, 0.717) is 30.2 Å². The Morgan fingerprint density at radius 1 is 1.04 bits per heavy atom. The number of nitrogens with two attached hydrogens (primary N) is 1. The van der Waals surface area contributed by atoms with Crippen LogP contribution in [0.1, 0.15) is 16.7 Å². The second kappa shape index (κ2) is 6.11. The van der Waals surface area contributed by atoms with Gasteiger partial charge >= 0.3 is 5.63 Å². The Hall–Kier alpha value is -2.84. The molecular weight excluding hydrogens is 368 g/mol. The fraction of sp³-hybridized carbons (Fsp3) is 0.211. The number of aryl methyl sites for hydroxylation is 1. The minimum Gasteiger partial charge on any atom is -0.473 e. The van der Waals surface area contributed by atoms with E-state index in [1.165, 1.54) is 12.1 Å². The van der Waals surface area contributed by atoms with Gasteiger partial charge in [0, 0.05) is 16.6 Å². The number of sulfonamides is 1. The molecule has 0 bridgehead atoms. The molecule has 0 atom stereocenters. The topological polar surface area (TPSA) is 103 Å². The van der Waals surface area contributed by atoms with E-state index >= 15 is 0 Å². The number of ether oxygens (including phenoxy) is 1. The summed E-state index contributed by atoms with van der Waals surface area (Å²) in [5.41, 5.74) is 3.20. The maximum absolute atomic E-state index is 12.1. The Balaban J connectivity index is 1.77. The highest BCUT2D eigenvalue weighted by atomic mass is 32.2. The molecule has 1 aliphatic heterocycles. The third-order valence-electron chi connectivity index (χ3n) is 4.94. The van der Waals surface area contributed by atoms with E-state index in [1.54, 1.807) is 19.1 Å². The molecule has 0 saturated heterocycles. The van der Waals surface area contributed by atoms with Crippen molar-refractivity contribution in [2.45, 2.75) is 25.3 Å². The zero-order valence-corrected chi connectivity index (χ0v) is 15.7. The highest BCUT2D eigenvalue weighted by Gasteiger charge is 2.23. The molecule has 0 saturated carbocycles. The van der Waals surface area contributed by atoms with Gasteiger partial charge in [-0.25, -0.2) is 18.4 Å². The number of rotatable bonds is 2. The lowest BCUT2D eigenvalue weighted by atomic mass is 10.0. The largest absolute Gasteiger partial charge is 0.473 e. The first-order valence-electron chi connectivity index (χ1n) is 8.32. The number of anilines is 1. The van der Waals surface area contributed by atoms with E-state index in [9.17, 15) is 13.2 Å². The highest BCUT2D eigenvalue weighted by Crippen LogP contribution is 2.35. The van der Waals surface area contributed by atoms with Crippen LogP contribution in [0.4, 0.5) is 5.69 Å². The molecule has 140 valence electrons. The van der Waals surface area contributed by atoms with Gasteiger partial charge in [0.2, 0.25) is 10.0 Å². The second-order valence-corrected chi connectivity index (χ2v) is 8.13. The number of nitrogens with zero attached hydrogens (tertiary/aromatic N) is 1. The van der Waals surface area contributed by atoms with E-state index in [4.69, 9.17) is 14.3 Å². The molecule has 2 heterocycles. The number of hydrogen-bond acceptors (Lipinski definition) is 6. The van der Waals surface area contributed by atoms with Crippen molar-refractivity contribution in [2.24, 2.45) is 5.14 Å².